The lowest BCUT2D eigenvalue weighted by molar-refractivity contribution is 0.0930. The first-order valence-electron chi connectivity index (χ1n) is 9.39. The van der Waals surface area contributed by atoms with Crippen molar-refractivity contribution in [3.05, 3.63) is 29.7 Å². The Balaban J connectivity index is 1.53. The summed E-state index contributed by atoms with van der Waals surface area (Å²) in [6, 6.07) is 2.12. The normalized spacial score (nSPS) is 17.1. The lowest BCUT2D eigenvalue weighted by atomic mass is 10.0. The van der Waals surface area contributed by atoms with E-state index in [1.807, 2.05) is 25.7 Å². The van der Waals surface area contributed by atoms with Gasteiger partial charge in [0.2, 0.25) is 0 Å². The number of hydrogen-bond acceptors (Lipinski definition) is 6. The number of hydrogen-bond donors (Lipinski definition) is 1. The monoisotopic (exact) mass is 383 g/mol. The summed E-state index contributed by atoms with van der Waals surface area (Å²) < 4.78 is 9.07. The number of methoxy groups -OCH3 is 1. The summed E-state index contributed by atoms with van der Waals surface area (Å²) in [5, 5.41) is 12.5. The van der Waals surface area contributed by atoms with Crippen LogP contribution in [0.3, 0.4) is 0 Å². The molecule has 1 N–H and O–H groups in total. The SMILES string of the molecule is COc1c(C(=O)NC2CCCN(c3cc(C)nn3C)C2)cnc2c1cnn2C. The molecule has 0 saturated carbocycles. The Hall–Kier alpha value is -3.10. The molecule has 9 nitrogen and oxygen atoms in total. The van der Waals surface area contributed by atoms with Crippen LogP contribution in [0.2, 0.25) is 0 Å². The predicted octanol–water partition coefficient (Wildman–Crippen LogP) is 1.42. The number of nitrogens with zero attached hydrogens (tertiary/aromatic N) is 6. The maximum absolute atomic E-state index is 13.0. The van der Waals surface area contributed by atoms with E-state index in [2.05, 4.69) is 31.5 Å². The fraction of sp³-hybridized carbons (Fsp3) is 0.474. The van der Waals surface area contributed by atoms with Gasteiger partial charge in [0.1, 0.15) is 17.1 Å². The van der Waals surface area contributed by atoms with Gasteiger partial charge in [0, 0.05) is 45.5 Å². The van der Waals surface area contributed by atoms with Crippen molar-refractivity contribution in [1.82, 2.24) is 29.9 Å². The van der Waals surface area contributed by atoms with Crippen molar-refractivity contribution in [3.63, 3.8) is 0 Å². The molecule has 1 unspecified atom stereocenters. The van der Waals surface area contributed by atoms with Crippen molar-refractivity contribution in [3.8, 4) is 5.75 Å². The van der Waals surface area contributed by atoms with Crippen LogP contribution in [-0.2, 0) is 14.1 Å². The molecular weight excluding hydrogens is 358 g/mol. The summed E-state index contributed by atoms with van der Waals surface area (Å²) >= 11 is 0. The largest absolute Gasteiger partial charge is 0.495 e. The number of aromatic nitrogens is 5. The van der Waals surface area contributed by atoms with Gasteiger partial charge in [-0.2, -0.15) is 10.2 Å². The van der Waals surface area contributed by atoms with E-state index in [1.165, 1.54) is 0 Å². The van der Waals surface area contributed by atoms with E-state index in [1.54, 1.807) is 24.2 Å². The highest BCUT2D eigenvalue weighted by molar-refractivity contribution is 6.02. The number of aryl methyl sites for hydroxylation is 3. The molecule has 0 aromatic carbocycles. The van der Waals surface area contributed by atoms with Gasteiger partial charge in [0.15, 0.2) is 5.65 Å². The summed E-state index contributed by atoms with van der Waals surface area (Å²) in [7, 11) is 5.32. The predicted molar refractivity (Wildman–Crippen MR) is 106 cm³/mol. The highest BCUT2D eigenvalue weighted by Gasteiger charge is 2.26. The first-order valence-corrected chi connectivity index (χ1v) is 9.39. The van der Waals surface area contributed by atoms with Crippen LogP contribution in [0.1, 0.15) is 28.9 Å². The summed E-state index contributed by atoms with van der Waals surface area (Å²) in [5.74, 6) is 1.40. The number of rotatable bonds is 4. The van der Waals surface area contributed by atoms with Crippen LogP contribution in [0.4, 0.5) is 5.82 Å². The standard InChI is InChI=1S/C19H25N7O2/c1-12-8-16(24(2)23-12)26-7-5-6-13(11-26)22-19(27)15-9-20-18-14(17(15)28-4)10-21-25(18)3/h8-10,13H,5-7,11H2,1-4H3,(H,22,27). The number of fused-ring (bicyclic) bond motifs is 1. The van der Waals surface area contributed by atoms with Crippen LogP contribution in [-0.4, -0.2) is 56.7 Å². The number of carbonyl (C=O) groups excluding carboxylic acids is 1. The number of carbonyl (C=O) groups is 1. The molecule has 1 aliphatic rings. The first kappa shape index (κ1) is 18.3. The Morgan fingerprint density at radius 3 is 2.82 bits per heavy atom. The number of pyridine rings is 1. The van der Waals surface area contributed by atoms with E-state index < -0.39 is 0 Å². The second-order valence-electron chi connectivity index (χ2n) is 7.24. The Morgan fingerprint density at radius 2 is 2.11 bits per heavy atom. The Kier molecular flexibility index (Phi) is 4.66. The van der Waals surface area contributed by atoms with Gasteiger partial charge in [0.05, 0.1) is 24.4 Å². The summed E-state index contributed by atoms with van der Waals surface area (Å²) in [5.41, 5.74) is 2.10. The third-order valence-corrected chi connectivity index (χ3v) is 5.22. The Morgan fingerprint density at radius 1 is 1.29 bits per heavy atom. The van der Waals surface area contributed by atoms with E-state index >= 15 is 0 Å². The molecule has 3 aromatic heterocycles. The molecule has 148 valence electrons. The van der Waals surface area contributed by atoms with Crippen molar-refractivity contribution < 1.29 is 9.53 Å². The average Bonchev–Trinajstić information content (AvgIpc) is 3.22. The molecule has 1 fully saturated rings. The van der Waals surface area contributed by atoms with Crippen molar-refractivity contribution >= 4 is 22.8 Å². The zero-order valence-corrected chi connectivity index (χ0v) is 16.6. The van der Waals surface area contributed by atoms with Crippen molar-refractivity contribution in [1.29, 1.82) is 0 Å². The third kappa shape index (κ3) is 3.17. The van der Waals surface area contributed by atoms with E-state index in [-0.39, 0.29) is 11.9 Å². The lowest BCUT2D eigenvalue weighted by Crippen LogP contribution is -2.48. The molecule has 0 bridgehead atoms. The van der Waals surface area contributed by atoms with Gasteiger partial charge in [0.25, 0.3) is 5.91 Å². The second-order valence-corrected chi connectivity index (χ2v) is 7.24. The van der Waals surface area contributed by atoms with Gasteiger partial charge >= 0.3 is 0 Å². The van der Waals surface area contributed by atoms with Gasteiger partial charge in [-0.3, -0.25) is 14.2 Å². The lowest BCUT2D eigenvalue weighted by Gasteiger charge is -2.34. The fourth-order valence-corrected chi connectivity index (χ4v) is 3.91. The molecule has 1 atom stereocenters. The van der Waals surface area contributed by atoms with E-state index in [0.717, 1.165) is 42.8 Å². The summed E-state index contributed by atoms with van der Waals surface area (Å²) in [6.45, 7) is 3.69. The first-order chi connectivity index (χ1) is 13.5. The Bertz CT molecular complexity index is 1020. The molecule has 3 aromatic rings. The zero-order chi connectivity index (χ0) is 19.8. The minimum atomic E-state index is -0.178. The van der Waals surface area contributed by atoms with Crippen LogP contribution in [0.15, 0.2) is 18.5 Å². The highest BCUT2D eigenvalue weighted by Crippen LogP contribution is 2.28. The molecule has 1 saturated heterocycles. The smallest absolute Gasteiger partial charge is 0.256 e. The average molecular weight is 383 g/mol. The van der Waals surface area contributed by atoms with Gasteiger partial charge in [-0.15, -0.1) is 0 Å². The summed E-state index contributed by atoms with van der Waals surface area (Å²) in [6.07, 6.45) is 5.17. The molecule has 4 rings (SSSR count). The zero-order valence-electron chi connectivity index (χ0n) is 16.6. The van der Waals surface area contributed by atoms with Crippen LogP contribution in [0, 0.1) is 6.92 Å². The van der Waals surface area contributed by atoms with Gasteiger partial charge < -0.3 is 15.0 Å². The highest BCUT2D eigenvalue weighted by atomic mass is 16.5. The molecule has 9 heteroatoms. The minimum Gasteiger partial charge on any atom is -0.495 e. The van der Waals surface area contributed by atoms with Gasteiger partial charge in [-0.1, -0.05) is 0 Å². The molecule has 0 aliphatic carbocycles. The molecule has 0 spiro atoms. The van der Waals surface area contributed by atoms with Crippen molar-refractivity contribution in [2.45, 2.75) is 25.8 Å². The molecule has 4 heterocycles. The fourth-order valence-electron chi connectivity index (χ4n) is 3.91. The molecule has 1 amide bonds. The Labute approximate surface area is 163 Å². The maximum Gasteiger partial charge on any atom is 0.256 e. The quantitative estimate of drug-likeness (QED) is 0.733. The molecular formula is C19H25N7O2. The van der Waals surface area contributed by atoms with Crippen LogP contribution in [0.5, 0.6) is 5.75 Å². The van der Waals surface area contributed by atoms with E-state index in [0.29, 0.717) is 17.0 Å². The van der Waals surface area contributed by atoms with Gasteiger partial charge in [-0.25, -0.2) is 4.98 Å². The number of amides is 1. The van der Waals surface area contributed by atoms with Crippen molar-refractivity contribution in [2.75, 3.05) is 25.1 Å². The summed E-state index contributed by atoms with van der Waals surface area (Å²) in [4.78, 5) is 19.6. The van der Waals surface area contributed by atoms with Gasteiger partial charge in [-0.05, 0) is 19.8 Å². The maximum atomic E-state index is 13.0. The van der Waals surface area contributed by atoms with Crippen LogP contribution < -0.4 is 15.0 Å². The number of nitrogens with one attached hydrogen (secondary N) is 1. The van der Waals surface area contributed by atoms with Crippen molar-refractivity contribution in [2.24, 2.45) is 14.1 Å². The van der Waals surface area contributed by atoms with E-state index in [9.17, 15) is 4.79 Å². The topological polar surface area (TPSA) is 90.1 Å². The third-order valence-electron chi connectivity index (χ3n) is 5.22. The van der Waals surface area contributed by atoms with E-state index in [4.69, 9.17) is 4.74 Å². The number of anilines is 1. The number of ether oxygens (including phenoxy) is 1. The number of piperidine rings is 1. The van der Waals surface area contributed by atoms with Crippen LogP contribution >= 0.6 is 0 Å². The van der Waals surface area contributed by atoms with Crippen LogP contribution in [0.25, 0.3) is 11.0 Å². The minimum absolute atomic E-state index is 0.0470. The molecule has 0 radical (unpaired) electrons. The molecule has 1 aliphatic heterocycles. The second kappa shape index (κ2) is 7.14. The molecule has 28 heavy (non-hydrogen) atoms.